The van der Waals surface area contributed by atoms with Crippen LogP contribution in [0.2, 0.25) is 0 Å². The van der Waals surface area contributed by atoms with E-state index in [1.54, 1.807) is 0 Å². The van der Waals surface area contributed by atoms with Crippen LogP contribution in [0.5, 0.6) is 10.9 Å². The van der Waals surface area contributed by atoms with Gasteiger partial charge in [0.15, 0.2) is 0 Å². The molecular formula is C16H17FN4O2S. The molecule has 3 fully saturated rings. The molecule has 24 heavy (non-hydrogen) atoms. The maximum absolute atomic E-state index is 12.9. The molecule has 2 aromatic rings. The fourth-order valence-electron chi connectivity index (χ4n) is 3.30. The first-order chi connectivity index (χ1) is 11.7. The molecule has 1 N–H and O–H groups in total. The van der Waals surface area contributed by atoms with Gasteiger partial charge in [0, 0.05) is 12.6 Å². The van der Waals surface area contributed by atoms with Crippen molar-refractivity contribution in [1.82, 2.24) is 20.4 Å². The lowest BCUT2D eigenvalue weighted by atomic mass is 9.84. The minimum Gasteiger partial charge on any atom is -0.430 e. The van der Waals surface area contributed by atoms with Crippen LogP contribution in [0.1, 0.15) is 22.6 Å². The number of halogens is 1. The number of piperidine rings is 3. The Morgan fingerprint density at radius 1 is 1.25 bits per heavy atom. The van der Waals surface area contributed by atoms with Gasteiger partial charge in [0.2, 0.25) is 5.01 Å². The van der Waals surface area contributed by atoms with Crippen LogP contribution >= 0.6 is 11.3 Å². The molecule has 8 heteroatoms. The second-order valence-corrected chi connectivity index (χ2v) is 7.09. The zero-order chi connectivity index (χ0) is 16.5. The Morgan fingerprint density at radius 2 is 2.00 bits per heavy atom. The van der Waals surface area contributed by atoms with Gasteiger partial charge < -0.3 is 15.0 Å². The molecule has 0 unspecified atom stereocenters. The molecule has 0 radical (unpaired) electrons. The van der Waals surface area contributed by atoms with Gasteiger partial charge in [-0.2, -0.15) is 0 Å². The largest absolute Gasteiger partial charge is 0.430 e. The average Bonchev–Trinajstić information content (AvgIpc) is 3.07. The number of rotatable bonds is 4. The first-order valence-corrected chi connectivity index (χ1v) is 8.79. The standard InChI is InChI=1S/C16H17FN4O2S/c17-11-1-3-12(4-2-11)23-16-20-19-15(24-16)14(22)18-13-9-21-7-5-10(13)6-8-21/h1-4,10,13H,5-9H2,(H,18,22)/t13-/m0/s1. The van der Waals surface area contributed by atoms with E-state index < -0.39 is 0 Å². The number of hydrogen-bond donors (Lipinski definition) is 1. The number of nitrogens with zero attached hydrogens (tertiary/aromatic N) is 3. The molecule has 1 aromatic carbocycles. The van der Waals surface area contributed by atoms with Gasteiger partial charge in [0.25, 0.3) is 11.1 Å². The third-order valence-electron chi connectivity index (χ3n) is 4.59. The molecule has 1 amide bonds. The van der Waals surface area contributed by atoms with E-state index in [2.05, 4.69) is 20.4 Å². The zero-order valence-corrected chi connectivity index (χ0v) is 13.8. The molecular weight excluding hydrogens is 331 g/mol. The molecule has 0 saturated carbocycles. The summed E-state index contributed by atoms with van der Waals surface area (Å²) in [5.74, 6) is 0.469. The van der Waals surface area contributed by atoms with Crippen molar-refractivity contribution < 1.29 is 13.9 Å². The van der Waals surface area contributed by atoms with E-state index in [0.29, 0.717) is 11.7 Å². The average molecular weight is 348 g/mol. The molecule has 0 spiro atoms. The Balaban J connectivity index is 1.39. The second kappa shape index (κ2) is 6.45. The molecule has 0 aliphatic carbocycles. The summed E-state index contributed by atoms with van der Waals surface area (Å²) in [5.41, 5.74) is 0. The van der Waals surface area contributed by atoms with Crippen LogP contribution < -0.4 is 10.1 Å². The third kappa shape index (κ3) is 3.25. The van der Waals surface area contributed by atoms with Crippen molar-refractivity contribution in [1.29, 1.82) is 0 Å². The van der Waals surface area contributed by atoms with Crippen LogP contribution in [0.15, 0.2) is 24.3 Å². The number of nitrogens with one attached hydrogen (secondary N) is 1. The van der Waals surface area contributed by atoms with Gasteiger partial charge in [-0.3, -0.25) is 4.79 Å². The Kier molecular flexibility index (Phi) is 4.15. The summed E-state index contributed by atoms with van der Waals surface area (Å²) in [5, 5.41) is 11.4. The fraction of sp³-hybridized carbons (Fsp3) is 0.438. The van der Waals surface area contributed by atoms with Gasteiger partial charge in [0.1, 0.15) is 11.6 Å². The van der Waals surface area contributed by atoms with Gasteiger partial charge in [-0.1, -0.05) is 5.10 Å². The van der Waals surface area contributed by atoms with E-state index in [9.17, 15) is 9.18 Å². The quantitative estimate of drug-likeness (QED) is 0.918. The number of fused-ring (bicyclic) bond motifs is 3. The van der Waals surface area contributed by atoms with Crippen molar-refractivity contribution >= 4 is 17.2 Å². The highest BCUT2D eigenvalue weighted by Crippen LogP contribution is 2.29. The van der Waals surface area contributed by atoms with Crippen LogP contribution in [0.3, 0.4) is 0 Å². The van der Waals surface area contributed by atoms with Crippen molar-refractivity contribution in [3.05, 3.63) is 35.1 Å². The molecule has 3 aliphatic heterocycles. The van der Waals surface area contributed by atoms with Crippen molar-refractivity contribution in [2.45, 2.75) is 18.9 Å². The predicted molar refractivity (Wildman–Crippen MR) is 86.8 cm³/mol. The number of benzene rings is 1. The summed E-state index contributed by atoms with van der Waals surface area (Å²) in [4.78, 5) is 14.8. The number of aromatic nitrogens is 2. The summed E-state index contributed by atoms with van der Waals surface area (Å²) in [6, 6.07) is 5.80. The first-order valence-electron chi connectivity index (χ1n) is 7.97. The van der Waals surface area contributed by atoms with Crippen LogP contribution in [-0.4, -0.2) is 46.7 Å². The lowest BCUT2D eigenvalue weighted by Gasteiger charge is -2.44. The smallest absolute Gasteiger partial charge is 0.300 e. The van der Waals surface area contributed by atoms with E-state index in [4.69, 9.17) is 4.74 Å². The molecule has 3 saturated heterocycles. The highest BCUT2D eigenvalue weighted by Gasteiger charge is 2.35. The van der Waals surface area contributed by atoms with Crippen LogP contribution in [0, 0.1) is 11.7 Å². The topological polar surface area (TPSA) is 67.4 Å². The summed E-state index contributed by atoms with van der Waals surface area (Å²) in [6.07, 6.45) is 2.28. The van der Waals surface area contributed by atoms with Crippen molar-refractivity contribution in [2.75, 3.05) is 19.6 Å². The van der Waals surface area contributed by atoms with Gasteiger partial charge in [-0.15, -0.1) is 5.10 Å². The highest BCUT2D eigenvalue weighted by atomic mass is 32.1. The summed E-state index contributed by atoms with van der Waals surface area (Å²) in [7, 11) is 0. The number of amides is 1. The SMILES string of the molecule is O=C(N[C@H]1CN2CCC1CC2)c1nnc(Oc2ccc(F)cc2)s1. The maximum Gasteiger partial charge on any atom is 0.300 e. The highest BCUT2D eigenvalue weighted by molar-refractivity contribution is 7.15. The van der Waals surface area contributed by atoms with E-state index in [1.165, 1.54) is 24.3 Å². The maximum atomic E-state index is 12.9. The third-order valence-corrected chi connectivity index (χ3v) is 5.39. The normalized spacial score (nSPS) is 25.5. The van der Waals surface area contributed by atoms with Gasteiger partial charge in [-0.05, 0) is 67.5 Å². The molecule has 4 heterocycles. The Bertz CT molecular complexity index is 728. The van der Waals surface area contributed by atoms with E-state index in [-0.39, 0.29) is 28.0 Å². The zero-order valence-electron chi connectivity index (χ0n) is 12.9. The lowest BCUT2D eigenvalue weighted by Crippen LogP contribution is -2.57. The van der Waals surface area contributed by atoms with Crippen molar-refractivity contribution in [2.24, 2.45) is 5.92 Å². The molecule has 5 rings (SSSR count). The van der Waals surface area contributed by atoms with E-state index >= 15 is 0 Å². The number of carbonyl (C=O) groups excluding carboxylic acids is 1. The van der Waals surface area contributed by atoms with E-state index in [0.717, 1.165) is 43.8 Å². The van der Waals surface area contributed by atoms with Gasteiger partial charge in [0.05, 0.1) is 0 Å². The molecule has 1 aromatic heterocycles. The van der Waals surface area contributed by atoms with Gasteiger partial charge >= 0.3 is 0 Å². The molecule has 1 atom stereocenters. The Labute approximate surface area is 142 Å². The molecule has 2 bridgehead atoms. The van der Waals surface area contributed by atoms with Crippen LogP contribution in [0.4, 0.5) is 4.39 Å². The minimum absolute atomic E-state index is 0.186. The summed E-state index contributed by atoms with van der Waals surface area (Å²) < 4.78 is 18.4. The van der Waals surface area contributed by atoms with Gasteiger partial charge in [-0.25, -0.2) is 4.39 Å². The van der Waals surface area contributed by atoms with Crippen molar-refractivity contribution in [3.63, 3.8) is 0 Å². The van der Waals surface area contributed by atoms with E-state index in [1.807, 2.05) is 0 Å². The Morgan fingerprint density at radius 3 is 2.67 bits per heavy atom. The molecule has 3 aliphatic rings. The number of hydrogen-bond acceptors (Lipinski definition) is 6. The molecule has 6 nitrogen and oxygen atoms in total. The first kappa shape index (κ1) is 15.5. The van der Waals surface area contributed by atoms with Crippen molar-refractivity contribution in [3.8, 4) is 10.9 Å². The number of carbonyl (C=O) groups is 1. The summed E-state index contributed by atoms with van der Waals surface area (Å²) in [6.45, 7) is 3.17. The van der Waals surface area contributed by atoms with Crippen LogP contribution in [-0.2, 0) is 0 Å². The fourth-order valence-corrected chi connectivity index (χ4v) is 3.92. The number of ether oxygens (including phenoxy) is 1. The monoisotopic (exact) mass is 348 g/mol. The summed E-state index contributed by atoms with van der Waals surface area (Å²) >= 11 is 1.08. The van der Waals surface area contributed by atoms with Crippen LogP contribution in [0.25, 0.3) is 0 Å². The predicted octanol–water partition coefficient (Wildman–Crippen LogP) is 2.29. The second-order valence-electron chi connectivity index (χ2n) is 6.15. The minimum atomic E-state index is -0.336. The lowest BCUT2D eigenvalue weighted by molar-refractivity contribution is 0.0620. The molecule has 126 valence electrons. The Hall–Kier alpha value is -2.06.